The van der Waals surface area contributed by atoms with Crippen molar-refractivity contribution in [2.45, 2.75) is 65.9 Å². The van der Waals surface area contributed by atoms with Gasteiger partial charge in [0.05, 0.1) is 79.3 Å². The summed E-state index contributed by atoms with van der Waals surface area (Å²) >= 11 is 0. The van der Waals surface area contributed by atoms with Crippen molar-refractivity contribution in [1.29, 1.82) is 0 Å². The van der Waals surface area contributed by atoms with Crippen molar-refractivity contribution in [3.63, 3.8) is 0 Å². The largest absolute Gasteiger partial charge is 0.630 e. The third kappa shape index (κ3) is 29.6. The Hall–Kier alpha value is -0.373. The average Bonchev–Trinajstić information content (AvgIpc) is 3.11. The Morgan fingerprint density at radius 2 is 0.627 bits per heavy atom. The maximum atomic E-state index is 6.22. The van der Waals surface area contributed by atoms with Crippen LogP contribution in [-0.4, -0.2) is 183 Å². The lowest BCUT2D eigenvalue weighted by Gasteiger charge is -2.29. The summed E-state index contributed by atoms with van der Waals surface area (Å²) in [5.74, 6) is 0. The van der Waals surface area contributed by atoms with Crippen LogP contribution >= 0.6 is 0 Å². The summed E-state index contributed by atoms with van der Waals surface area (Å²) in [6, 6.07) is 0. The van der Waals surface area contributed by atoms with Crippen LogP contribution < -0.4 is 0 Å². The second-order valence-corrected chi connectivity index (χ2v) is 13.7. The Labute approximate surface area is 307 Å². The van der Waals surface area contributed by atoms with Crippen molar-refractivity contribution >= 4 is 23.2 Å². The summed E-state index contributed by atoms with van der Waals surface area (Å²) in [7, 11) is 0.908. The molecule has 0 saturated heterocycles. The minimum atomic E-state index is -3.06. The SMILES string of the molecule is CCOC(COCCOB(OCCOCC(OC)OCC)O[Si](C)(C)OB(OCCOCC(OC)OCC)OCCOCC(OC)OCC)OC. The smallest absolute Gasteiger partial charge is 0.407 e. The Kier molecular flexibility index (Phi) is 35.1. The van der Waals surface area contributed by atoms with E-state index in [9.17, 15) is 0 Å². The first-order valence-electron chi connectivity index (χ1n) is 17.4. The Bertz CT molecular complexity index is 637. The normalized spacial score (nSPS) is 14.5. The molecule has 4 atom stereocenters. The molecule has 0 amide bonds. The molecule has 0 aliphatic carbocycles. The summed E-state index contributed by atoms with van der Waals surface area (Å²) in [4.78, 5) is 0. The van der Waals surface area contributed by atoms with E-state index in [-0.39, 0.29) is 79.3 Å². The molecule has 0 N–H and O–H groups in total. The molecule has 4 unspecified atom stereocenters. The van der Waals surface area contributed by atoms with Crippen molar-refractivity contribution in [2.75, 3.05) is 134 Å². The molecule has 304 valence electrons. The van der Waals surface area contributed by atoms with Gasteiger partial charge in [0.25, 0.3) is 0 Å². The van der Waals surface area contributed by atoms with Crippen molar-refractivity contribution in [2.24, 2.45) is 0 Å². The molecule has 0 rings (SSSR count). The van der Waals surface area contributed by atoms with Crippen molar-refractivity contribution in [3.05, 3.63) is 0 Å². The number of methoxy groups -OCH3 is 4. The van der Waals surface area contributed by atoms with E-state index in [1.54, 1.807) is 41.5 Å². The fraction of sp³-hybridized carbons (Fsp3) is 1.00. The predicted molar refractivity (Wildman–Crippen MR) is 188 cm³/mol. The second-order valence-electron chi connectivity index (χ2n) is 10.5. The van der Waals surface area contributed by atoms with Gasteiger partial charge in [0, 0.05) is 54.9 Å². The van der Waals surface area contributed by atoms with Crippen LogP contribution in [0.4, 0.5) is 0 Å². The highest BCUT2D eigenvalue weighted by Crippen LogP contribution is 2.13. The van der Waals surface area contributed by atoms with E-state index in [4.69, 9.17) is 84.1 Å². The zero-order valence-corrected chi connectivity index (χ0v) is 33.6. The molecule has 0 bridgehead atoms. The van der Waals surface area contributed by atoms with E-state index in [0.717, 1.165) is 0 Å². The highest BCUT2D eigenvalue weighted by atomic mass is 28.4. The maximum absolute atomic E-state index is 6.22. The molecule has 0 saturated carbocycles. The lowest BCUT2D eigenvalue weighted by atomic mass is 10.2. The van der Waals surface area contributed by atoms with Gasteiger partial charge in [-0.3, -0.25) is 0 Å². The van der Waals surface area contributed by atoms with Gasteiger partial charge >= 0.3 is 23.2 Å². The monoisotopic (exact) mass is 764 g/mol. The van der Waals surface area contributed by atoms with Crippen LogP contribution in [0.25, 0.3) is 0 Å². The molecule has 0 aromatic heterocycles. The van der Waals surface area contributed by atoms with E-state index in [2.05, 4.69) is 0 Å². The standard InChI is InChI=1S/C30H66B2O18Si/c1-11-41-27(33-5)23-37-15-19-45-31(46-20-16-38-24-28(34-6)42-12-2)49-51(9,10)50-32(47-21-17-39-25-29(35-7)43-13-3)48-22-18-40-26-30(36-8)44-14-4/h27-30H,11-26H2,1-10H3. The predicted octanol–water partition coefficient (Wildman–Crippen LogP) is 1.86. The van der Waals surface area contributed by atoms with Gasteiger partial charge in [-0.05, 0) is 40.8 Å². The molecule has 51 heavy (non-hydrogen) atoms. The third-order valence-electron chi connectivity index (χ3n) is 6.16. The molecule has 0 aromatic rings. The molecule has 0 heterocycles. The van der Waals surface area contributed by atoms with Crippen molar-refractivity contribution in [1.82, 2.24) is 0 Å². The highest BCUT2D eigenvalue weighted by molar-refractivity contribution is 6.75. The van der Waals surface area contributed by atoms with Crippen molar-refractivity contribution < 1.29 is 84.1 Å². The molecule has 21 heteroatoms. The molecule has 0 radical (unpaired) electrons. The molecule has 0 aromatic carbocycles. The zero-order valence-electron chi connectivity index (χ0n) is 32.6. The fourth-order valence-corrected chi connectivity index (χ4v) is 4.99. The summed E-state index contributed by atoms with van der Waals surface area (Å²) in [5.41, 5.74) is 0. The first-order chi connectivity index (χ1) is 24.7. The van der Waals surface area contributed by atoms with E-state index < -0.39 is 48.4 Å². The van der Waals surface area contributed by atoms with Crippen LogP contribution in [0.1, 0.15) is 27.7 Å². The minimum absolute atomic E-state index is 0.147. The topological polar surface area (TPSA) is 166 Å². The summed E-state index contributed by atoms with van der Waals surface area (Å²) in [5, 5.41) is 0. The molecule has 0 aliphatic rings. The van der Waals surface area contributed by atoms with E-state index in [1.165, 1.54) is 0 Å². The molecule has 0 spiro atoms. The zero-order chi connectivity index (χ0) is 38.0. The maximum Gasteiger partial charge on any atom is 0.630 e. The van der Waals surface area contributed by atoms with Crippen LogP contribution in [0.2, 0.25) is 13.1 Å². The molecular weight excluding hydrogens is 698 g/mol. The number of hydrogen-bond acceptors (Lipinski definition) is 18. The van der Waals surface area contributed by atoms with E-state index >= 15 is 0 Å². The molecule has 0 fully saturated rings. The number of ether oxygens (including phenoxy) is 12. The van der Waals surface area contributed by atoms with Gasteiger partial charge in [-0.2, -0.15) is 0 Å². The first-order valence-corrected chi connectivity index (χ1v) is 20.2. The molecule has 0 aliphatic heterocycles. The highest BCUT2D eigenvalue weighted by Gasteiger charge is 2.40. The van der Waals surface area contributed by atoms with Gasteiger partial charge in [0.2, 0.25) is 0 Å². The Morgan fingerprint density at radius 1 is 0.392 bits per heavy atom. The number of hydrogen-bond donors (Lipinski definition) is 0. The minimum Gasteiger partial charge on any atom is -0.407 e. The van der Waals surface area contributed by atoms with E-state index in [1.807, 2.05) is 27.7 Å². The molecule has 18 nitrogen and oxygen atoms in total. The second kappa shape index (κ2) is 35.3. The Morgan fingerprint density at radius 3 is 0.824 bits per heavy atom. The molecular formula is C30H66B2O18Si. The van der Waals surface area contributed by atoms with Crippen LogP contribution in [0.5, 0.6) is 0 Å². The summed E-state index contributed by atoms with van der Waals surface area (Å²) in [6.45, 7) is 15.6. The lowest BCUT2D eigenvalue weighted by molar-refractivity contribution is -0.156. The average molecular weight is 765 g/mol. The summed E-state index contributed by atoms with van der Waals surface area (Å²) in [6.07, 6.45) is -1.92. The van der Waals surface area contributed by atoms with Crippen LogP contribution in [-0.2, 0) is 84.1 Å². The van der Waals surface area contributed by atoms with Gasteiger partial charge in [-0.1, -0.05) is 0 Å². The fourth-order valence-electron chi connectivity index (χ4n) is 3.74. The lowest BCUT2D eigenvalue weighted by Crippen LogP contribution is -2.49. The van der Waals surface area contributed by atoms with Crippen LogP contribution in [0.15, 0.2) is 0 Å². The van der Waals surface area contributed by atoms with Gasteiger partial charge in [-0.15, -0.1) is 0 Å². The number of rotatable bonds is 40. The van der Waals surface area contributed by atoms with E-state index in [0.29, 0.717) is 26.4 Å². The Balaban J connectivity index is 5.29. The van der Waals surface area contributed by atoms with Gasteiger partial charge in [0.15, 0.2) is 25.2 Å². The van der Waals surface area contributed by atoms with Crippen molar-refractivity contribution in [3.8, 4) is 0 Å². The van der Waals surface area contributed by atoms with Gasteiger partial charge in [-0.25, -0.2) is 0 Å². The first kappa shape index (κ1) is 50.6. The van der Waals surface area contributed by atoms with Gasteiger partial charge in [0.1, 0.15) is 0 Å². The quantitative estimate of drug-likeness (QED) is 0.0504. The van der Waals surface area contributed by atoms with Crippen LogP contribution in [0, 0.1) is 0 Å². The summed E-state index contributed by atoms with van der Waals surface area (Å²) < 4.78 is 101. The third-order valence-corrected chi connectivity index (χ3v) is 7.68. The van der Waals surface area contributed by atoms with Gasteiger partial charge < -0.3 is 84.1 Å². The van der Waals surface area contributed by atoms with Crippen LogP contribution in [0.3, 0.4) is 0 Å².